The van der Waals surface area contributed by atoms with Gasteiger partial charge in [0.05, 0.1) is 33.0 Å². The van der Waals surface area contributed by atoms with Crippen LogP contribution in [0.4, 0.5) is 0 Å². The van der Waals surface area contributed by atoms with Crippen molar-refractivity contribution in [2.24, 2.45) is 0 Å². The van der Waals surface area contributed by atoms with E-state index in [2.05, 4.69) is 26.0 Å². The average molecular weight is 547 g/mol. The first kappa shape index (κ1) is 31.0. The molecule has 0 aliphatic carbocycles. The number of ether oxygens (including phenoxy) is 7. The number of rotatable bonds is 18. The monoisotopic (exact) mass is 546 g/mol. The van der Waals surface area contributed by atoms with Crippen LogP contribution in [0, 0.1) is 0 Å². The zero-order valence-corrected chi connectivity index (χ0v) is 23.7. The van der Waals surface area contributed by atoms with Crippen LogP contribution in [-0.4, -0.2) is 58.3 Å². The van der Waals surface area contributed by atoms with Gasteiger partial charge in [0.25, 0.3) is 0 Å². The summed E-state index contributed by atoms with van der Waals surface area (Å²) in [5.41, 5.74) is 3.72. The minimum atomic E-state index is 0.293. The smallest absolute Gasteiger partial charge is 0.231 e. The highest BCUT2D eigenvalue weighted by molar-refractivity contribution is 5.48. The van der Waals surface area contributed by atoms with Crippen LogP contribution < -0.4 is 18.9 Å². The maximum absolute atomic E-state index is 8.65. The molecular formula is C31H46O8. The van der Waals surface area contributed by atoms with Gasteiger partial charge in [-0.05, 0) is 73.1 Å². The molecule has 4 rings (SSSR count). The normalized spacial score (nSPS) is 12.9. The highest BCUT2D eigenvalue weighted by atomic mass is 16.7. The van der Waals surface area contributed by atoms with Crippen molar-refractivity contribution in [3.8, 4) is 23.0 Å². The predicted molar refractivity (Wildman–Crippen MR) is 150 cm³/mol. The second kappa shape index (κ2) is 18.7. The maximum atomic E-state index is 8.65. The van der Waals surface area contributed by atoms with Crippen LogP contribution in [0.2, 0.25) is 0 Å². The predicted octanol–water partition coefficient (Wildman–Crippen LogP) is 5.84. The fourth-order valence-corrected chi connectivity index (χ4v) is 4.25. The van der Waals surface area contributed by atoms with E-state index in [1.165, 1.54) is 16.7 Å². The van der Waals surface area contributed by atoms with E-state index < -0.39 is 0 Å². The molecule has 0 saturated heterocycles. The Kier molecular flexibility index (Phi) is 14.9. The largest absolute Gasteiger partial charge is 0.454 e. The highest BCUT2D eigenvalue weighted by Gasteiger charge is 2.17. The number of hydrogen-bond acceptors (Lipinski definition) is 8. The molecule has 0 spiro atoms. The van der Waals surface area contributed by atoms with Crippen molar-refractivity contribution >= 4 is 0 Å². The van der Waals surface area contributed by atoms with E-state index in [0.29, 0.717) is 53.2 Å². The molecule has 0 unspecified atom stereocenters. The summed E-state index contributed by atoms with van der Waals surface area (Å²) in [4.78, 5) is 0. The summed E-state index contributed by atoms with van der Waals surface area (Å²) in [5.74, 6) is 3.35. The van der Waals surface area contributed by atoms with Crippen LogP contribution in [0.15, 0.2) is 30.3 Å². The third-order valence-corrected chi connectivity index (χ3v) is 6.42. The van der Waals surface area contributed by atoms with Crippen molar-refractivity contribution in [3.05, 3.63) is 47.0 Å². The Bertz CT molecular complexity index is 948. The van der Waals surface area contributed by atoms with Gasteiger partial charge in [0, 0.05) is 13.2 Å². The lowest BCUT2D eigenvalue weighted by Gasteiger charge is -2.11. The Morgan fingerprint density at radius 3 is 1.95 bits per heavy atom. The lowest BCUT2D eigenvalue weighted by Crippen LogP contribution is -2.10. The molecule has 39 heavy (non-hydrogen) atoms. The third-order valence-electron chi connectivity index (χ3n) is 6.42. The van der Waals surface area contributed by atoms with Gasteiger partial charge in [-0.3, -0.25) is 0 Å². The number of hydrogen-bond donors (Lipinski definition) is 1. The molecular weight excluding hydrogens is 500 g/mol. The fourth-order valence-electron chi connectivity index (χ4n) is 4.25. The molecule has 8 heteroatoms. The van der Waals surface area contributed by atoms with Crippen molar-refractivity contribution in [3.63, 3.8) is 0 Å². The Labute approximate surface area is 233 Å². The van der Waals surface area contributed by atoms with Gasteiger partial charge in [-0.15, -0.1) is 0 Å². The molecule has 2 aliphatic rings. The molecule has 2 aliphatic heterocycles. The van der Waals surface area contributed by atoms with E-state index in [0.717, 1.165) is 81.0 Å². The van der Waals surface area contributed by atoms with E-state index in [1.807, 2.05) is 18.2 Å². The lowest BCUT2D eigenvalue weighted by molar-refractivity contribution is 0.0101. The second-order valence-electron chi connectivity index (χ2n) is 9.58. The first-order valence-electron chi connectivity index (χ1n) is 14.4. The minimum Gasteiger partial charge on any atom is -0.454 e. The summed E-state index contributed by atoms with van der Waals surface area (Å²) in [6, 6.07) is 10.2. The van der Waals surface area contributed by atoms with Crippen LogP contribution >= 0.6 is 0 Å². The fraction of sp³-hybridized carbons (Fsp3) is 0.613. The molecule has 0 fully saturated rings. The summed E-state index contributed by atoms with van der Waals surface area (Å²) in [5, 5.41) is 8.65. The summed E-state index contributed by atoms with van der Waals surface area (Å²) in [6.07, 6.45) is 8.49. The van der Waals surface area contributed by atoms with E-state index >= 15 is 0 Å². The van der Waals surface area contributed by atoms with Crippen LogP contribution in [0.1, 0.15) is 69.1 Å². The van der Waals surface area contributed by atoms with E-state index in [9.17, 15) is 0 Å². The average Bonchev–Trinajstić information content (AvgIpc) is 3.61. The zero-order chi connectivity index (χ0) is 27.5. The second-order valence-corrected chi connectivity index (χ2v) is 9.58. The summed E-state index contributed by atoms with van der Waals surface area (Å²) < 4.78 is 38.2. The van der Waals surface area contributed by atoms with Crippen LogP contribution in [-0.2, 0) is 33.7 Å². The van der Waals surface area contributed by atoms with Crippen LogP contribution in [0.5, 0.6) is 23.0 Å². The van der Waals surface area contributed by atoms with Crippen molar-refractivity contribution in [2.75, 3.05) is 53.2 Å². The van der Waals surface area contributed by atoms with Crippen molar-refractivity contribution in [1.29, 1.82) is 0 Å². The Morgan fingerprint density at radius 1 is 0.615 bits per heavy atom. The Hall–Kier alpha value is -2.52. The van der Waals surface area contributed by atoms with Gasteiger partial charge in [0.1, 0.15) is 0 Å². The van der Waals surface area contributed by atoms with Crippen molar-refractivity contribution in [1.82, 2.24) is 0 Å². The zero-order valence-electron chi connectivity index (χ0n) is 23.7. The van der Waals surface area contributed by atoms with Gasteiger partial charge < -0.3 is 38.3 Å². The molecule has 0 saturated carbocycles. The highest BCUT2D eigenvalue weighted by Crippen LogP contribution is 2.35. The molecule has 0 atom stereocenters. The number of aryl methyl sites for hydroxylation is 2. The molecule has 1 N–H and O–H groups in total. The lowest BCUT2D eigenvalue weighted by atomic mass is 10.0. The van der Waals surface area contributed by atoms with Gasteiger partial charge >= 0.3 is 0 Å². The van der Waals surface area contributed by atoms with Crippen LogP contribution in [0.3, 0.4) is 0 Å². The molecule has 218 valence electrons. The maximum Gasteiger partial charge on any atom is 0.231 e. The van der Waals surface area contributed by atoms with Crippen molar-refractivity contribution < 1.29 is 38.3 Å². The van der Waals surface area contributed by atoms with Gasteiger partial charge in [0.2, 0.25) is 13.6 Å². The van der Waals surface area contributed by atoms with Gasteiger partial charge in [0.15, 0.2) is 23.0 Å². The quantitative estimate of drug-likeness (QED) is 0.234. The van der Waals surface area contributed by atoms with E-state index in [-0.39, 0.29) is 0 Å². The molecule has 0 bridgehead atoms. The van der Waals surface area contributed by atoms with Gasteiger partial charge in [-0.2, -0.15) is 0 Å². The number of benzene rings is 2. The Balaban J connectivity index is 0.000000239. The first-order valence-corrected chi connectivity index (χ1v) is 14.4. The van der Waals surface area contributed by atoms with E-state index in [1.54, 1.807) is 0 Å². The molecule has 2 heterocycles. The van der Waals surface area contributed by atoms with Crippen LogP contribution in [0.25, 0.3) is 0 Å². The van der Waals surface area contributed by atoms with Gasteiger partial charge in [-0.1, -0.05) is 39.2 Å². The Morgan fingerprint density at radius 2 is 1.26 bits per heavy atom. The molecule has 2 aromatic rings. The number of unbranched alkanes of at least 4 members (excludes halogenated alkanes) is 3. The summed E-state index contributed by atoms with van der Waals surface area (Å²) in [6.45, 7) is 9.10. The third kappa shape index (κ3) is 11.2. The minimum absolute atomic E-state index is 0.293. The summed E-state index contributed by atoms with van der Waals surface area (Å²) >= 11 is 0. The molecule has 0 aromatic heterocycles. The first-order chi connectivity index (χ1) is 19.2. The summed E-state index contributed by atoms with van der Waals surface area (Å²) in [7, 11) is 0. The van der Waals surface area contributed by atoms with Gasteiger partial charge in [-0.25, -0.2) is 0 Å². The SMILES string of the molecule is CCCCOCCOCCOCc1cc2c(cc1CCC)OCO2.OCCCCCc1ccc2c(c1)OCO2. The number of aliphatic hydroxyl groups excluding tert-OH is 1. The van der Waals surface area contributed by atoms with Crippen molar-refractivity contribution in [2.45, 2.75) is 71.8 Å². The van der Waals surface area contributed by atoms with E-state index in [4.69, 9.17) is 38.3 Å². The molecule has 2 aromatic carbocycles. The topological polar surface area (TPSA) is 84.8 Å². The molecule has 0 radical (unpaired) electrons. The molecule has 8 nitrogen and oxygen atoms in total. The number of fused-ring (bicyclic) bond motifs is 2. The standard InChI is InChI=1S/C19H30O5.C12H16O3/c1-3-5-7-20-8-9-21-10-11-22-14-17-13-19-18(23-15-24-19)12-16(17)6-4-2;13-7-3-1-2-4-10-5-6-11-12(8-10)15-9-14-11/h12-13H,3-11,14-15H2,1-2H3;5-6,8,13H,1-4,7,9H2. The number of aliphatic hydroxyl groups is 1. The molecule has 0 amide bonds.